The van der Waals surface area contributed by atoms with Gasteiger partial charge in [0.25, 0.3) is 0 Å². The molecule has 1 aromatic rings. The van der Waals surface area contributed by atoms with Crippen molar-refractivity contribution in [1.82, 2.24) is 4.98 Å². The van der Waals surface area contributed by atoms with Crippen LogP contribution in [0.25, 0.3) is 0 Å². The Labute approximate surface area is 106 Å². The van der Waals surface area contributed by atoms with Gasteiger partial charge < -0.3 is 9.47 Å². The van der Waals surface area contributed by atoms with Crippen LogP contribution < -0.4 is 0 Å². The first kappa shape index (κ1) is 11.8. The first-order chi connectivity index (χ1) is 8.84. The van der Waals surface area contributed by atoms with Crippen LogP contribution in [0.2, 0.25) is 0 Å². The van der Waals surface area contributed by atoms with Crippen LogP contribution in [0.4, 0.5) is 0 Å². The summed E-state index contributed by atoms with van der Waals surface area (Å²) in [6, 6.07) is 3.85. The van der Waals surface area contributed by atoms with E-state index >= 15 is 0 Å². The highest BCUT2D eigenvalue weighted by molar-refractivity contribution is 5.83. The van der Waals surface area contributed by atoms with Crippen LogP contribution in [0.1, 0.15) is 36.8 Å². The van der Waals surface area contributed by atoms with E-state index in [1.165, 1.54) is 0 Å². The molecule has 4 nitrogen and oxygen atoms in total. The molecule has 0 N–H and O–H groups in total. The highest BCUT2D eigenvalue weighted by atomic mass is 16.7. The standard InChI is InChI=1S/C14H17NO3/c16-13(10-3-4-10)6-5-12-11(2-1-7-15-12)14-17-8-9-18-14/h1-2,7,10,14H,3-6,8-9H2. The molecule has 1 aliphatic heterocycles. The third-order valence-corrected chi connectivity index (χ3v) is 3.44. The minimum absolute atomic E-state index is 0.301. The highest BCUT2D eigenvalue weighted by Crippen LogP contribution is 2.32. The molecule has 0 aromatic carbocycles. The number of hydrogen-bond acceptors (Lipinski definition) is 4. The number of nitrogens with zero attached hydrogens (tertiary/aromatic N) is 1. The van der Waals surface area contributed by atoms with E-state index in [1.54, 1.807) is 6.20 Å². The number of ketones is 1. The molecule has 1 saturated carbocycles. The van der Waals surface area contributed by atoms with Gasteiger partial charge in [-0.05, 0) is 25.3 Å². The smallest absolute Gasteiger partial charge is 0.185 e. The Balaban J connectivity index is 1.68. The molecule has 0 atom stereocenters. The Morgan fingerprint density at radius 1 is 1.33 bits per heavy atom. The maximum atomic E-state index is 11.7. The maximum absolute atomic E-state index is 11.7. The van der Waals surface area contributed by atoms with Crippen molar-refractivity contribution in [3.63, 3.8) is 0 Å². The van der Waals surface area contributed by atoms with Crippen molar-refractivity contribution >= 4 is 5.78 Å². The number of aromatic nitrogens is 1. The highest BCUT2D eigenvalue weighted by Gasteiger charge is 2.29. The molecule has 4 heteroatoms. The summed E-state index contributed by atoms with van der Waals surface area (Å²) in [5, 5.41) is 0. The fourth-order valence-electron chi connectivity index (χ4n) is 2.26. The fourth-order valence-corrected chi connectivity index (χ4v) is 2.26. The molecule has 2 heterocycles. The van der Waals surface area contributed by atoms with Crippen LogP contribution in [-0.4, -0.2) is 24.0 Å². The molecule has 2 fully saturated rings. The zero-order chi connectivity index (χ0) is 12.4. The van der Waals surface area contributed by atoms with E-state index in [-0.39, 0.29) is 6.29 Å². The van der Waals surface area contributed by atoms with Crippen molar-refractivity contribution in [2.24, 2.45) is 5.92 Å². The van der Waals surface area contributed by atoms with Crippen molar-refractivity contribution < 1.29 is 14.3 Å². The predicted octanol–water partition coefficient (Wildman–Crippen LogP) is 2.04. The van der Waals surface area contributed by atoms with E-state index < -0.39 is 0 Å². The molecule has 0 spiro atoms. The van der Waals surface area contributed by atoms with Gasteiger partial charge in [0.1, 0.15) is 5.78 Å². The van der Waals surface area contributed by atoms with Crippen LogP contribution in [0.15, 0.2) is 18.3 Å². The molecule has 1 saturated heterocycles. The van der Waals surface area contributed by atoms with Gasteiger partial charge in [0.2, 0.25) is 0 Å². The summed E-state index contributed by atoms with van der Waals surface area (Å²) in [7, 11) is 0. The molecule has 18 heavy (non-hydrogen) atoms. The lowest BCUT2D eigenvalue weighted by Crippen LogP contribution is -2.08. The Morgan fingerprint density at radius 3 is 2.83 bits per heavy atom. The SMILES string of the molecule is O=C(CCc1ncccc1C1OCCO1)C1CC1. The van der Waals surface area contributed by atoms with E-state index in [0.717, 1.165) is 24.1 Å². The number of hydrogen-bond donors (Lipinski definition) is 0. The Kier molecular flexibility index (Phi) is 3.39. The van der Waals surface area contributed by atoms with E-state index in [9.17, 15) is 4.79 Å². The molecule has 0 unspecified atom stereocenters. The third-order valence-electron chi connectivity index (χ3n) is 3.44. The molecule has 96 valence electrons. The van der Waals surface area contributed by atoms with Crippen molar-refractivity contribution in [2.45, 2.75) is 32.0 Å². The number of carbonyl (C=O) groups is 1. The fraction of sp³-hybridized carbons (Fsp3) is 0.571. The second-order valence-corrected chi connectivity index (χ2v) is 4.85. The molecule has 3 rings (SSSR count). The van der Waals surface area contributed by atoms with E-state index in [2.05, 4.69) is 4.98 Å². The minimum Gasteiger partial charge on any atom is -0.346 e. The minimum atomic E-state index is -0.301. The lowest BCUT2D eigenvalue weighted by Gasteiger charge is -2.13. The summed E-state index contributed by atoms with van der Waals surface area (Å²) in [6.45, 7) is 1.25. The first-order valence-electron chi connectivity index (χ1n) is 6.54. The van der Waals surface area contributed by atoms with Gasteiger partial charge in [-0.1, -0.05) is 6.07 Å². The van der Waals surface area contributed by atoms with E-state index in [1.807, 2.05) is 12.1 Å². The van der Waals surface area contributed by atoms with Gasteiger partial charge >= 0.3 is 0 Å². The Bertz CT molecular complexity index is 436. The summed E-state index contributed by atoms with van der Waals surface area (Å²) >= 11 is 0. The summed E-state index contributed by atoms with van der Waals surface area (Å²) in [6.07, 6.45) is 4.88. The third kappa shape index (κ3) is 2.60. The lowest BCUT2D eigenvalue weighted by molar-refractivity contribution is -0.120. The average molecular weight is 247 g/mol. The van der Waals surface area contributed by atoms with Gasteiger partial charge in [-0.15, -0.1) is 0 Å². The Hall–Kier alpha value is -1.26. The normalized spacial score (nSPS) is 20.2. The van der Waals surface area contributed by atoms with Crippen LogP contribution in [0.3, 0.4) is 0 Å². The monoisotopic (exact) mass is 247 g/mol. The zero-order valence-corrected chi connectivity index (χ0v) is 10.3. The van der Waals surface area contributed by atoms with Crippen molar-refractivity contribution in [3.05, 3.63) is 29.6 Å². The van der Waals surface area contributed by atoms with Gasteiger partial charge in [-0.25, -0.2) is 0 Å². The Morgan fingerprint density at radius 2 is 2.11 bits per heavy atom. The number of carbonyl (C=O) groups excluding carboxylic acids is 1. The average Bonchev–Trinajstić information content (AvgIpc) is 3.12. The number of aryl methyl sites for hydroxylation is 1. The number of ether oxygens (including phenoxy) is 2. The number of rotatable bonds is 5. The quantitative estimate of drug-likeness (QED) is 0.799. The van der Waals surface area contributed by atoms with E-state index in [4.69, 9.17) is 9.47 Å². The lowest BCUT2D eigenvalue weighted by atomic mass is 10.1. The van der Waals surface area contributed by atoms with Crippen LogP contribution in [0.5, 0.6) is 0 Å². The number of Topliss-reactive ketones (excluding diaryl/α,β-unsaturated/α-hetero) is 1. The molecule has 0 amide bonds. The number of pyridine rings is 1. The van der Waals surface area contributed by atoms with Crippen molar-refractivity contribution in [3.8, 4) is 0 Å². The first-order valence-corrected chi connectivity index (χ1v) is 6.54. The van der Waals surface area contributed by atoms with Crippen LogP contribution in [-0.2, 0) is 20.7 Å². The van der Waals surface area contributed by atoms with Crippen LogP contribution >= 0.6 is 0 Å². The largest absolute Gasteiger partial charge is 0.346 e. The molecular weight excluding hydrogens is 230 g/mol. The molecule has 1 aromatic heterocycles. The summed E-state index contributed by atoms with van der Waals surface area (Å²) in [5.74, 6) is 0.705. The molecule has 1 aliphatic carbocycles. The predicted molar refractivity (Wildman–Crippen MR) is 64.9 cm³/mol. The second-order valence-electron chi connectivity index (χ2n) is 4.85. The molecule has 0 bridgehead atoms. The van der Waals surface area contributed by atoms with Crippen molar-refractivity contribution in [2.75, 3.05) is 13.2 Å². The molecule has 2 aliphatic rings. The zero-order valence-electron chi connectivity index (χ0n) is 10.3. The summed E-state index contributed by atoms with van der Waals surface area (Å²) in [4.78, 5) is 16.1. The van der Waals surface area contributed by atoms with Gasteiger partial charge in [0.15, 0.2) is 6.29 Å². The van der Waals surface area contributed by atoms with Gasteiger partial charge in [0, 0.05) is 29.8 Å². The van der Waals surface area contributed by atoms with Gasteiger partial charge in [0.05, 0.1) is 13.2 Å². The van der Waals surface area contributed by atoms with Crippen molar-refractivity contribution in [1.29, 1.82) is 0 Å². The summed E-state index contributed by atoms with van der Waals surface area (Å²) < 4.78 is 11.0. The van der Waals surface area contributed by atoms with Gasteiger partial charge in [-0.3, -0.25) is 9.78 Å². The maximum Gasteiger partial charge on any atom is 0.185 e. The molecular formula is C14H17NO3. The molecule has 0 radical (unpaired) electrons. The topological polar surface area (TPSA) is 48.4 Å². The second kappa shape index (κ2) is 5.16. The van der Waals surface area contributed by atoms with E-state index in [0.29, 0.717) is 37.8 Å². The van der Waals surface area contributed by atoms with Gasteiger partial charge in [-0.2, -0.15) is 0 Å². The summed E-state index contributed by atoms with van der Waals surface area (Å²) in [5.41, 5.74) is 1.90. The van der Waals surface area contributed by atoms with Crippen LogP contribution in [0, 0.1) is 5.92 Å².